The van der Waals surface area contributed by atoms with Gasteiger partial charge >= 0.3 is 11.9 Å². The van der Waals surface area contributed by atoms with Crippen LogP contribution in [0.5, 0.6) is 0 Å². The largest absolute Gasteiger partial charge is 0.480 e. The maximum absolute atomic E-state index is 12.5. The number of carboxylic acid groups (broad SMARTS) is 1. The molecule has 2 aromatic rings. The van der Waals surface area contributed by atoms with Gasteiger partial charge in [0.25, 0.3) is 0 Å². The highest BCUT2D eigenvalue weighted by atomic mass is 35.5. The molecule has 5 N–H and O–H groups in total. The van der Waals surface area contributed by atoms with E-state index in [-0.39, 0.29) is 13.0 Å². The third-order valence-corrected chi connectivity index (χ3v) is 6.31. The van der Waals surface area contributed by atoms with Crippen LogP contribution >= 0.6 is 34.8 Å². The number of ether oxygens (including phenoxy) is 1. The average molecular weight is 574 g/mol. The van der Waals surface area contributed by atoms with Gasteiger partial charge in [0.1, 0.15) is 18.7 Å². The fraction of sp³-hybridized carbons (Fsp3) is 0.462. The number of anilines is 2. The number of aliphatic carboxylic acids is 1. The summed E-state index contributed by atoms with van der Waals surface area (Å²) in [4.78, 5) is 27.5. The monoisotopic (exact) mass is 572 g/mol. The van der Waals surface area contributed by atoms with Gasteiger partial charge in [0.2, 0.25) is 0 Å². The highest BCUT2D eigenvalue weighted by Crippen LogP contribution is 2.18. The van der Waals surface area contributed by atoms with Crippen molar-refractivity contribution in [2.45, 2.75) is 24.9 Å². The van der Waals surface area contributed by atoms with Gasteiger partial charge in [-0.25, -0.2) is 0 Å². The molecular weight excluding hydrogens is 539 g/mol. The number of nitrogens with zero attached hydrogens (tertiary/aromatic N) is 2. The molecular formula is C26H35Cl3N4O4. The summed E-state index contributed by atoms with van der Waals surface area (Å²) in [5.41, 5.74) is 15.3. The zero-order valence-corrected chi connectivity index (χ0v) is 23.0. The molecule has 0 aliphatic rings. The molecule has 2 unspecified atom stereocenters. The van der Waals surface area contributed by atoms with Crippen LogP contribution in [0.25, 0.3) is 0 Å². The van der Waals surface area contributed by atoms with Crippen molar-refractivity contribution < 1.29 is 19.4 Å². The SMILES string of the molecule is NC(Cc1ccc(N(CCCl)CCOC(=O)C(N)Cc2ccc(N(CCCl)CCCl)cc2)cc1)C(=O)O. The molecule has 11 heteroatoms. The summed E-state index contributed by atoms with van der Waals surface area (Å²) in [7, 11) is 0. The minimum absolute atomic E-state index is 0.153. The van der Waals surface area contributed by atoms with Crippen LogP contribution in [0.3, 0.4) is 0 Å². The minimum atomic E-state index is -1.04. The Balaban J connectivity index is 1.86. The van der Waals surface area contributed by atoms with Gasteiger partial charge < -0.3 is 31.1 Å². The molecule has 2 aromatic carbocycles. The molecule has 0 bridgehead atoms. The van der Waals surface area contributed by atoms with E-state index in [4.69, 9.17) is 56.1 Å². The Morgan fingerprint density at radius 1 is 0.730 bits per heavy atom. The van der Waals surface area contributed by atoms with Crippen LogP contribution in [0, 0.1) is 0 Å². The molecule has 204 valence electrons. The summed E-state index contributed by atoms with van der Waals surface area (Å²) in [6.07, 6.45) is 0.595. The number of halogens is 3. The summed E-state index contributed by atoms with van der Waals surface area (Å²) in [6, 6.07) is 13.5. The van der Waals surface area contributed by atoms with Gasteiger partial charge in [-0.2, -0.15) is 0 Å². The molecule has 0 saturated carbocycles. The Labute approximate surface area is 233 Å². The van der Waals surface area contributed by atoms with Gasteiger partial charge in [0.05, 0.1) is 6.54 Å². The first kappa shape index (κ1) is 31.0. The smallest absolute Gasteiger partial charge is 0.323 e. The fourth-order valence-corrected chi connectivity index (χ4v) is 4.39. The van der Waals surface area contributed by atoms with Crippen LogP contribution in [0.1, 0.15) is 11.1 Å². The van der Waals surface area contributed by atoms with Crippen molar-refractivity contribution in [3.8, 4) is 0 Å². The lowest BCUT2D eigenvalue weighted by atomic mass is 10.1. The van der Waals surface area contributed by atoms with Crippen molar-refractivity contribution in [3.05, 3.63) is 59.7 Å². The zero-order valence-electron chi connectivity index (χ0n) is 20.7. The van der Waals surface area contributed by atoms with Crippen LogP contribution < -0.4 is 21.3 Å². The highest BCUT2D eigenvalue weighted by Gasteiger charge is 2.17. The normalized spacial score (nSPS) is 12.6. The molecule has 0 spiro atoms. The second-order valence-corrected chi connectivity index (χ2v) is 9.63. The molecule has 0 fully saturated rings. The van der Waals surface area contributed by atoms with E-state index in [2.05, 4.69) is 4.90 Å². The second-order valence-electron chi connectivity index (χ2n) is 8.50. The summed E-state index contributed by atoms with van der Waals surface area (Å²) in [6.45, 7) is 2.53. The molecule has 0 aliphatic heterocycles. The van der Waals surface area contributed by atoms with E-state index in [1.54, 1.807) is 0 Å². The fourth-order valence-electron chi connectivity index (χ4n) is 3.77. The molecule has 8 nitrogen and oxygen atoms in total. The summed E-state index contributed by atoms with van der Waals surface area (Å²) < 4.78 is 5.43. The number of esters is 1. The summed E-state index contributed by atoms with van der Waals surface area (Å²) in [5, 5.41) is 8.98. The van der Waals surface area contributed by atoms with Crippen LogP contribution in [-0.2, 0) is 27.2 Å². The molecule has 0 saturated heterocycles. The van der Waals surface area contributed by atoms with Gasteiger partial charge in [0, 0.05) is 48.6 Å². The predicted octanol–water partition coefficient (Wildman–Crippen LogP) is 3.08. The third-order valence-electron chi connectivity index (χ3n) is 5.80. The number of carbonyl (C=O) groups excluding carboxylic acids is 1. The van der Waals surface area contributed by atoms with Gasteiger partial charge in [-0.3, -0.25) is 9.59 Å². The molecule has 0 amide bonds. The molecule has 0 radical (unpaired) electrons. The first-order valence-corrected chi connectivity index (χ1v) is 13.7. The molecule has 0 aromatic heterocycles. The lowest BCUT2D eigenvalue weighted by Gasteiger charge is -2.24. The van der Waals surface area contributed by atoms with Crippen molar-refractivity contribution in [1.29, 1.82) is 0 Å². The highest BCUT2D eigenvalue weighted by molar-refractivity contribution is 6.18. The summed E-state index contributed by atoms with van der Waals surface area (Å²) >= 11 is 17.7. The minimum Gasteiger partial charge on any atom is -0.480 e. The Bertz CT molecular complexity index is 957. The number of alkyl halides is 3. The Morgan fingerprint density at radius 3 is 1.54 bits per heavy atom. The zero-order chi connectivity index (χ0) is 27.2. The Hall–Kier alpha value is -2.23. The third kappa shape index (κ3) is 10.6. The molecule has 37 heavy (non-hydrogen) atoms. The maximum Gasteiger partial charge on any atom is 0.323 e. The van der Waals surface area contributed by atoms with Crippen molar-refractivity contribution in [2.75, 3.05) is 60.2 Å². The van der Waals surface area contributed by atoms with Crippen molar-refractivity contribution in [2.24, 2.45) is 11.5 Å². The Kier molecular flexibility index (Phi) is 13.9. The van der Waals surface area contributed by atoms with Crippen molar-refractivity contribution in [3.63, 3.8) is 0 Å². The van der Waals surface area contributed by atoms with E-state index in [9.17, 15) is 9.59 Å². The maximum atomic E-state index is 12.5. The average Bonchev–Trinajstić information content (AvgIpc) is 2.89. The van der Waals surface area contributed by atoms with Gasteiger partial charge in [-0.15, -0.1) is 34.8 Å². The van der Waals surface area contributed by atoms with Crippen molar-refractivity contribution >= 4 is 58.1 Å². The van der Waals surface area contributed by atoms with Gasteiger partial charge in [-0.1, -0.05) is 24.3 Å². The van der Waals surface area contributed by atoms with Gasteiger partial charge in [-0.05, 0) is 48.2 Å². The van der Waals surface area contributed by atoms with E-state index in [0.29, 0.717) is 50.2 Å². The Morgan fingerprint density at radius 2 is 1.14 bits per heavy atom. The molecule has 0 heterocycles. The lowest BCUT2D eigenvalue weighted by molar-refractivity contribution is -0.145. The number of rotatable bonds is 17. The van der Waals surface area contributed by atoms with Crippen LogP contribution in [0.2, 0.25) is 0 Å². The molecule has 2 atom stereocenters. The van der Waals surface area contributed by atoms with Gasteiger partial charge in [0.15, 0.2) is 0 Å². The van der Waals surface area contributed by atoms with E-state index < -0.39 is 24.0 Å². The van der Waals surface area contributed by atoms with Crippen molar-refractivity contribution in [1.82, 2.24) is 0 Å². The number of hydrogen-bond donors (Lipinski definition) is 3. The first-order valence-electron chi connectivity index (χ1n) is 12.0. The molecule has 0 aliphatic carbocycles. The van der Waals surface area contributed by atoms with Crippen LogP contribution in [-0.4, -0.2) is 79.6 Å². The van der Waals surface area contributed by atoms with E-state index in [1.807, 2.05) is 53.4 Å². The summed E-state index contributed by atoms with van der Waals surface area (Å²) in [5.74, 6) is -0.114. The van der Waals surface area contributed by atoms with Crippen LogP contribution in [0.4, 0.5) is 11.4 Å². The van der Waals surface area contributed by atoms with E-state index >= 15 is 0 Å². The topological polar surface area (TPSA) is 122 Å². The first-order chi connectivity index (χ1) is 17.8. The quantitative estimate of drug-likeness (QED) is 0.195. The second kappa shape index (κ2) is 16.6. The lowest BCUT2D eigenvalue weighted by Crippen LogP contribution is -2.37. The van der Waals surface area contributed by atoms with E-state index in [0.717, 1.165) is 22.5 Å². The number of nitrogens with two attached hydrogens (primary N) is 2. The predicted molar refractivity (Wildman–Crippen MR) is 151 cm³/mol. The number of hydrogen-bond acceptors (Lipinski definition) is 7. The standard InChI is InChI=1S/C26H35Cl3N4O4/c27-9-12-32(13-10-28)21-5-3-20(4-6-21)18-24(31)26(36)37-16-15-33(14-11-29)22-7-1-19(2-8-22)17-23(30)25(34)35/h1-8,23-24H,9-18,30-31H2,(H,34,35). The number of carbonyl (C=O) groups is 2. The molecule has 2 rings (SSSR count). The van der Waals surface area contributed by atoms with Crippen LogP contribution in [0.15, 0.2) is 48.5 Å². The van der Waals surface area contributed by atoms with E-state index in [1.165, 1.54) is 0 Å². The number of benzene rings is 2. The number of carboxylic acids is 1.